The van der Waals surface area contributed by atoms with E-state index in [0.29, 0.717) is 31.8 Å². The van der Waals surface area contributed by atoms with Gasteiger partial charge in [-0.05, 0) is 25.0 Å². The topological polar surface area (TPSA) is 65.0 Å². The maximum atomic E-state index is 11.3. The smallest absolute Gasteiger partial charge is 0.363 e. The number of hydrogen-bond donors (Lipinski definition) is 1. The van der Waals surface area contributed by atoms with Crippen LogP contribution in [0.25, 0.3) is 0 Å². The molecule has 0 amide bonds. The Hall–Kier alpha value is -1.85. The van der Waals surface area contributed by atoms with Crippen molar-refractivity contribution in [3.8, 4) is 5.75 Å². The minimum absolute atomic E-state index is 0.284. The van der Waals surface area contributed by atoms with E-state index in [-0.39, 0.29) is 5.57 Å². The van der Waals surface area contributed by atoms with E-state index in [2.05, 4.69) is 6.58 Å². The second-order valence-corrected chi connectivity index (χ2v) is 4.45. The molecular weight excluding hydrogens is 272 g/mol. The predicted molar refractivity (Wildman–Crippen MR) is 79.1 cm³/mol. The van der Waals surface area contributed by atoms with E-state index in [4.69, 9.17) is 14.2 Å². The Morgan fingerprint density at radius 2 is 1.67 bits per heavy atom. The number of rotatable bonds is 10. The molecule has 0 saturated carbocycles. The Balaban J connectivity index is 3.08. The summed E-state index contributed by atoms with van der Waals surface area (Å²) in [6, 6.07) is 8.80. The molecule has 0 heterocycles. The van der Waals surface area contributed by atoms with Gasteiger partial charge in [0.05, 0.1) is 13.2 Å². The van der Waals surface area contributed by atoms with Crippen molar-refractivity contribution >= 4 is 5.97 Å². The van der Waals surface area contributed by atoms with Crippen LogP contribution >= 0.6 is 0 Å². The molecule has 0 radical (unpaired) electrons. The fourth-order valence-electron chi connectivity index (χ4n) is 1.58. The Labute approximate surface area is 125 Å². The Kier molecular flexibility index (Phi) is 6.91. The van der Waals surface area contributed by atoms with Gasteiger partial charge in [-0.2, -0.15) is 0 Å². The van der Waals surface area contributed by atoms with Crippen LogP contribution in [0.5, 0.6) is 5.75 Å². The molecule has 1 aromatic rings. The lowest BCUT2D eigenvalue weighted by Gasteiger charge is -2.33. The summed E-state index contributed by atoms with van der Waals surface area (Å²) in [5, 5.41) is 9.25. The number of ether oxygens (including phenoxy) is 3. The summed E-state index contributed by atoms with van der Waals surface area (Å²) in [6.45, 7) is 7.97. The average molecular weight is 294 g/mol. The lowest BCUT2D eigenvalue weighted by molar-refractivity contribution is -0.317. The van der Waals surface area contributed by atoms with Crippen LogP contribution < -0.4 is 4.74 Å². The van der Waals surface area contributed by atoms with Crippen molar-refractivity contribution in [2.75, 3.05) is 13.2 Å². The molecule has 1 aromatic carbocycles. The maximum absolute atomic E-state index is 11.3. The third-order valence-electron chi connectivity index (χ3n) is 2.62. The van der Waals surface area contributed by atoms with Crippen LogP contribution in [0.15, 0.2) is 42.5 Å². The van der Waals surface area contributed by atoms with Crippen molar-refractivity contribution in [1.29, 1.82) is 0 Å². The lowest BCUT2D eigenvalue weighted by Crippen LogP contribution is -2.46. The van der Waals surface area contributed by atoms with Crippen molar-refractivity contribution in [3.05, 3.63) is 42.5 Å². The zero-order valence-corrected chi connectivity index (χ0v) is 12.5. The van der Waals surface area contributed by atoms with Crippen LogP contribution in [-0.2, 0) is 14.3 Å². The molecule has 0 bridgehead atoms. The molecule has 1 N–H and O–H groups in total. The first-order chi connectivity index (χ1) is 10.1. The largest absolute Gasteiger partial charge is 0.478 e. The molecule has 0 aliphatic carbocycles. The number of benzene rings is 1. The van der Waals surface area contributed by atoms with Gasteiger partial charge in [0.1, 0.15) is 11.3 Å². The van der Waals surface area contributed by atoms with E-state index < -0.39 is 11.9 Å². The van der Waals surface area contributed by atoms with Crippen molar-refractivity contribution in [2.24, 2.45) is 0 Å². The molecule has 5 nitrogen and oxygen atoms in total. The summed E-state index contributed by atoms with van der Waals surface area (Å²) >= 11 is 0. The molecule has 0 unspecified atom stereocenters. The van der Waals surface area contributed by atoms with Gasteiger partial charge < -0.3 is 19.3 Å². The predicted octanol–water partition coefficient (Wildman–Crippen LogP) is 3.21. The molecule has 0 aliphatic heterocycles. The summed E-state index contributed by atoms with van der Waals surface area (Å²) in [5.74, 6) is -2.58. The first-order valence-corrected chi connectivity index (χ1v) is 7.00. The van der Waals surface area contributed by atoms with Crippen LogP contribution in [-0.4, -0.2) is 30.3 Å². The van der Waals surface area contributed by atoms with Crippen LogP contribution in [0.3, 0.4) is 0 Å². The summed E-state index contributed by atoms with van der Waals surface area (Å²) in [6.07, 6.45) is 1.39. The average Bonchev–Trinajstić information content (AvgIpc) is 2.50. The first kappa shape index (κ1) is 17.2. The number of carbonyl (C=O) groups is 1. The summed E-state index contributed by atoms with van der Waals surface area (Å²) in [4.78, 5) is 11.3. The van der Waals surface area contributed by atoms with Crippen LogP contribution in [0.1, 0.15) is 26.7 Å². The fourth-order valence-corrected chi connectivity index (χ4v) is 1.58. The van der Waals surface area contributed by atoms with Crippen LogP contribution in [0.2, 0.25) is 0 Å². The molecule has 0 saturated heterocycles. The minimum Gasteiger partial charge on any atom is -0.478 e. The number of hydrogen-bond acceptors (Lipinski definition) is 4. The first-order valence-electron chi connectivity index (χ1n) is 7.00. The molecule has 0 atom stereocenters. The van der Waals surface area contributed by atoms with E-state index in [1.165, 1.54) is 0 Å². The van der Waals surface area contributed by atoms with Gasteiger partial charge in [0.15, 0.2) is 0 Å². The molecule has 5 heteroatoms. The van der Waals surface area contributed by atoms with Crippen LogP contribution in [0, 0.1) is 0 Å². The van der Waals surface area contributed by atoms with Gasteiger partial charge in [0.2, 0.25) is 0 Å². The van der Waals surface area contributed by atoms with Gasteiger partial charge in [-0.25, -0.2) is 4.79 Å². The molecule has 0 aromatic heterocycles. The highest BCUT2D eigenvalue weighted by Gasteiger charge is 2.42. The zero-order chi connectivity index (χ0) is 15.7. The Morgan fingerprint density at radius 3 is 2.10 bits per heavy atom. The van der Waals surface area contributed by atoms with E-state index in [1.54, 1.807) is 24.3 Å². The van der Waals surface area contributed by atoms with Gasteiger partial charge in [0.25, 0.3) is 0 Å². The maximum Gasteiger partial charge on any atom is 0.363 e. The van der Waals surface area contributed by atoms with E-state index in [9.17, 15) is 9.90 Å². The molecule has 0 fully saturated rings. The van der Waals surface area contributed by atoms with E-state index >= 15 is 0 Å². The normalized spacial score (nSPS) is 11.1. The van der Waals surface area contributed by atoms with Crippen molar-refractivity contribution in [1.82, 2.24) is 0 Å². The van der Waals surface area contributed by atoms with Gasteiger partial charge in [-0.1, -0.05) is 38.6 Å². The standard InChI is InChI=1S/C16H22O5/c1-4-11-19-16(20-12-5-2,13(3)15(17)18)21-14-9-7-6-8-10-14/h6-10H,3-5,11-12H2,1-2H3,(H,17,18). The van der Waals surface area contributed by atoms with Gasteiger partial charge in [-0.15, -0.1) is 0 Å². The number of para-hydroxylation sites is 1. The SMILES string of the molecule is C=C(C(=O)O)C(OCCC)(OCCC)Oc1ccccc1. The quantitative estimate of drug-likeness (QED) is 0.530. The number of aliphatic carboxylic acids is 1. The van der Waals surface area contributed by atoms with Gasteiger partial charge in [-0.3, -0.25) is 0 Å². The highest BCUT2D eigenvalue weighted by molar-refractivity contribution is 5.87. The van der Waals surface area contributed by atoms with Crippen molar-refractivity contribution in [2.45, 2.75) is 32.7 Å². The fraction of sp³-hybridized carbons (Fsp3) is 0.438. The number of carboxylic acid groups (broad SMARTS) is 1. The molecule has 1 rings (SSSR count). The zero-order valence-electron chi connectivity index (χ0n) is 12.5. The third-order valence-corrected chi connectivity index (χ3v) is 2.62. The Morgan fingerprint density at radius 1 is 1.14 bits per heavy atom. The lowest BCUT2D eigenvalue weighted by atomic mass is 10.2. The molecule has 0 aliphatic rings. The van der Waals surface area contributed by atoms with Crippen LogP contribution in [0.4, 0.5) is 0 Å². The van der Waals surface area contributed by atoms with Crippen molar-refractivity contribution < 1.29 is 24.1 Å². The third kappa shape index (κ3) is 4.88. The molecular formula is C16H22O5. The molecule has 0 spiro atoms. The van der Waals surface area contributed by atoms with E-state index in [0.717, 1.165) is 0 Å². The van der Waals surface area contributed by atoms with Crippen molar-refractivity contribution in [3.63, 3.8) is 0 Å². The second-order valence-electron chi connectivity index (χ2n) is 4.45. The summed E-state index contributed by atoms with van der Waals surface area (Å²) < 4.78 is 16.9. The summed E-state index contributed by atoms with van der Waals surface area (Å²) in [5.41, 5.74) is -0.284. The number of carboxylic acids is 1. The monoisotopic (exact) mass is 294 g/mol. The molecule has 116 valence electrons. The second kappa shape index (κ2) is 8.44. The van der Waals surface area contributed by atoms with E-state index in [1.807, 2.05) is 19.9 Å². The highest BCUT2D eigenvalue weighted by Crippen LogP contribution is 2.28. The molecule has 21 heavy (non-hydrogen) atoms. The highest BCUT2D eigenvalue weighted by atomic mass is 16.9. The minimum atomic E-state index is -1.81. The Bertz CT molecular complexity index is 447. The van der Waals surface area contributed by atoms with Gasteiger partial charge in [0, 0.05) is 0 Å². The summed E-state index contributed by atoms with van der Waals surface area (Å²) in [7, 11) is 0. The van der Waals surface area contributed by atoms with Gasteiger partial charge >= 0.3 is 11.9 Å².